The van der Waals surface area contributed by atoms with Gasteiger partial charge in [-0.05, 0) is 73.1 Å². The van der Waals surface area contributed by atoms with Crippen molar-refractivity contribution in [3.63, 3.8) is 0 Å². The van der Waals surface area contributed by atoms with Crippen LogP contribution < -0.4 is 5.32 Å². The molecule has 0 heterocycles. The number of benzene rings is 2. The molecule has 0 saturated carbocycles. The van der Waals surface area contributed by atoms with Gasteiger partial charge in [0.15, 0.2) is 0 Å². The molecule has 0 fully saturated rings. The molecular weight excluding hydrogens is 365 g/mol. The topological polar surface area (TPSA) is 53.8 Å². The molecule has 1 N–H and O–H groups in total. The van der Waals surface area contributed by atoms with E-state index in [1.165, 1.54) is 18.2 Å². The fraction of sp³-hybridized carbons (Fsp3) is 0.167. The standard InChI is InChI=1S/C24H22FN3O/c1-3-18-10-13-22(28-27-21-11-8-17(2)9-12-21)23(15-18)26-24(29)16-19-6-4-5-7-20(25)14-19/h5-15H,3,16H2,1-2H3,(H,26,29). The summed E-state index contributed by atoms with van der Waals surface area (Å²) in [7, 11) is 0. The number of hydrogen-bond donors (Lipinski definition) is 1. The van der Waals surface area contributed by atoms with Gasteiger partial charge in [-0.2, -0.15) is 5.11 Å². The molecule has 0 atom stereocenters. The molecule has 5 heteroatoms. The first-order chi connectivity index (χ1) is 14.0. The minimum atomic E-state index is -0.408. The van der Waals surface area contributed by atoms with Crippen molar-refractivity contribution in [3.05, 3.63) is 95.0 Å². The highest BCUT2D eigenvalue weighted by Crippen LogP contribution is 2.29. The van der Waals surface area contributed by atoms with Crippen LogP contribution in [0.2, 0.25) is 0 Å². The molecule has 3 rings (SSSR count). The number of carbonyl (C=O) groups is 1. The van der Waals surface area contributed by atoms with Crippen LogP contribution in [0.4, 0.5) is 21.5 Å². The van der Waals surface area contributed by atoms with E-state index in [0.29, 0.717) is 16.9 Å². The number of amides is 1. The van der Waals surface area contributed by atoms with Gasteiger partial charge in [-0.15, -0.1) is 10.8 Å². The molecule has 0 spiro atoms. The van der Waals surface area contributed by atoms with Crippen molar-refractivity contribution in [2.24, 2.45) is 10.2 Å². The van der Waals surface area contributed by atoms with Crippen LogP contribution in [0.5, 0.6) is 0 Å². The second-order valence-electron chi connectivity index (χ2n) is 6.71. The lowest BCUT2D eigenvalue weighted by Gasteiger charge is -2.10. The van der Waals surface area contributed by atoms with Gasteiger partial charge in [0.25, 0.3) is 0 Å². The third kappa shape index (κ3) is 5.96. The monoisotopic (exact) mass is 387 g/mol. The highest BCUT2D eigenvalue weighted by molar-refractivity contribution is 5.95. The molecule has 1 aliphatic rings. The molecule has 4 nitrogen and oxygen atoms in total. The van der Waals surface area contributed by atoms with Crippen molar-refractivity contribution in [1.29, 1.82) is 0 Å². The molecule has 0 aromatic heterocycles. The van der Waals surface area contributed by atoms with Crippen LogP contribution in [-0.2, 0) is 11.2 Å². The Morgan fingerprint density at radius 2 is 1.93 bits per heavy atom. The molecule has 0 unspecified atom stereocenters. The molecule has 0 radical (unpaired) electrons. The van der Waals surface area contributed by atoms with E-state index in [0.717, 1.165) is 23.2 Å². The summed E-state index contributed by atoms with van der Waals surface area (Å²) in [6.45, 7) is 4.05. The van der Waals surface area contributed by atoms with Gasteiger partial charge < -0.3 is 5.32 Å². The molecule has 0 bridgehead atoms. The molecule has 146 valence electrons. The van der Waals surface area contributed by atoms with Gasteiger partial charge in [0.05, 0.1) is 17.8 Å². The third-order valence-electron chi connectivity index (χ3n) is 4.35. The van der Waals surface area contributed by atoms with Crippen LogP contribution in [0.15, 0.2) is 94.1 Å². The Labute approximate surface area is 169 Å². The average molecular weight is 387 g/mol. The Hall–Kier alpha value is -3.56. The van der Waals surface area contributed by atoms with Crippen LogP contribution in [0.1, 0.15) is 24.5 Å². The van der Waals surface area contributed by atoms with E-state index in [1.54, 1.807) is 6.08 Å². The second kappa shape index (κ2) is 9.58. The Balaban J connectivity index is 1.80. The Morgan fingerprint density at radius 3 is 2.69 bits per heavy atom. The first-order valence-electron chi connectivity index (χ1n) is 9.43. The fourth-order valence-electron chi connectivity index (χ4n) is 2.75. The number of rotatable bonds is 6. The highest BCUT2D eigenvalue weighted by Gasteiger charge is 2.10. The quantitative estimate of drug-likeness (QED) is 0.430. The molecule has 2 aromatic carbocycles. The third-order valence-corrected chi connectivity index (χ3v) is 4.35. The van der Waals surface area contributed by atoms with E-state index in [-0.39, 0.29) is 12.3 Å². The van der Waals surface area contributed by atoms with Crippen LogP contribution >= 0.6 is 0 Å². The zero-order chi connectivity index (χ0) is 20.6. The van der Waals surface area contributed by atoms with Gasteiger partial charge in [0.2, 0.25) is 5.91 Å². The van der Waals surface area contributed by atoms with Gasteiger partial charge >= 0.3 is 0 Å². The maximum Gasteiger partial charge on any atom is 0.228 e. The number of aryl methyl sites for hydroxylation is 2. The largest absolute Gasteiger partial charge is 0.324 e. The number of nitrogens with one attached hydrogen (secondary N) is 1. The van der Waals surface area contributed by atoms with E-state index < -0.39 is 5.83 Å². The summed E-state index contributed by atoms with van der Waals surface area (Å²) < 4.78 is 13.6. The van der Waals surface area contributed by atoms with Crippen molar-refractivity contribution >= 4 is 23.0 Å². The summed E-state index contributed by atoms with van der Waals surface area (Å²) in [6.07, 6.45) is 6.57. The van der Waals surface area contributed by atoms with Gasteiger partial charge in [-0.1, -0.05) is 30.7 Å². The Bertz CT molecular complexity index is 1060. The smallest absolute Gasteiger partial charge is 0.228 e. The van der Waals surface area contributed by atoms with Crippen LogP contribution in [-0.4, -0.2) is 5.91 Å². The Morgan fingerprint density at radius 1 is 1.14 bits per heavy atom. The first kappa shape index (κ1) is 20.2. The second-order valence-corrected chi connectivity index (χ2v) is 6.71. The van der Waals surface area contributed by atoms with Crippen LogP contribution in [0.3, 0.4) is 0 Å². The first-order valence-corrected chi connectivity index (χ1v) is 9.43. The normalized spacial score (nSPS) is 13.2. The summed E-state index contributed by atoms with van der Waals surface area (Å²) in [5.74, 6) is -0.668. The predicted octanol–water partition coefficient (Wildman–Crippen LogP) is 6.81. The van der Waals surface area contributed by atoms with Gasteiger partial charge in [-0.25, -0.2) is 4.39 Å². The maximum atomic E-state index is 13.6. The molecule has 1 aliphatic carbocycles. The number of carbonyl (C=O) groups excluding carboxylic acids is 1. The zero-order valence-corrected chi connectivity index (χ0v) is 16.4. The number of hydrogen-bond acceptors (Lipinski definition) is 3. The van der Waals surface area contributed by atoms with Crippen molar-refractivity contribution in [3.8, 4) is 0 Å². The summed E-state index contributed by atoms with van der Waals surface area (Å²) in [5.41, 5.74) is 7.45. The average Bonchev–Trinajstić information content (AvgIpc) is 2.91. The molecule has 0 aliphatic heterocycles. The minimum absolute atomic E-state index is 0.0347. The number of azo groups is 1. The van der Waals surface area contributed by atoms with Crippen molar-refractivity contribution in [1.82, 2.24) is 0 Å². The minimum Gasteiger partial charge on any atom is -0.324 e. The summed E-state index contributed by atoms with van der Waals surface area (Å²) in [4.78, 5) is 12.5. The Kier molecular flexibility index (Phi) is 6.67. The molecule has 29 heavy (non-hydrogen) atoms. The highest BCUT2D eigenvalue weighted by atomic mass is 19.1. The van der Waals surface area contributed by atoms with Crippen LogP contribution in [0.25, 0.3) is 0 Å². The van der Waals surface area contributed by atoms with Crippen molar-refractivity contribution in [2.45, 2.75) is 26.7 Å². The fourth-order valence-corrected chi connectivity index (χ4v) is 2.75. The summed E-state index contributed by atoms with van der Waals surface area (Å²) >= 11 is 0. The van der Waals surface area contributed by atoms with E-state index in [2.05, 4.69) is 21.3 Å². The maximum absolute atomic E-state index is 13.6. The van der Waals surface area contributed by atoms with E-state index >= 15 is 0 Å². The summed E-state index contributed by atoms with van der Waals surface area (Å²) in [6, 6.07) is 13.4. The predicted molar refractivity (Wildman–Crippen MR) is 114 cm³/mol. The van der Waals surface area contributed by atoms with E-state index in [4.69, 9.17) is 0 Å². The van der Waals surface area contributed by atoms with Gasteiger partial charge in [0, 0.05) is 0 Å². The SMILES string of the molecule is CCc1ccc(N=Nc2ccc(C)cc2)c(NC(=O)CC2=CC(F)=CC=C=C2)c1. The van der Waals surface area contributed by atoms with Gasteiger partial charge in [0.1, 0.15) is 11.5 Å². The van der Waals surface area contributed by atoms with Crippen LogP contribution in [0, 0.1) is 6.92 Å². The van der Waals surface area contributed by atoms with E-state index in [9.17, 15) is 9.18 Å². The number of anilines is 1. The van der Waals surface area contributed by atoms with Crippen molar-refractivity contribution < 1.29 is 9.18 Å². The number of allylic oxidation sites excluding steroid dienone is 4. The summed E-state index contributed by atoms with van der Waals surface area (Å²) in [5, 5.41) is 11.5. The number of halogens is 1. The lowest BCUT2D eigenvalue weighted by Crippen LogP contribution is -2.12. The zero-order valence-electron chi connectivity index (χ0n) is 16.4. The molecular formula is C24H22FN3O. The number of nitrogens with zero attached hydrogens (tertiary/aromatic N) is 2. The lowest BCUT2D eigenvalue weighted by molar-refractivity contribution is -0.115. The molecule has 0 saturated heterocycles. The lowest BCUT2D eigenvalue weighted by atomic mass is 10.1. The van der Waals surface area contributed by atoms with Gasteiger partial charge in [-0.3, -0.25) is 4.79 Å². The van der Waals surface area contributed by atoms with E-state index in [1.807, 2.05) is 56.3 Å². The molecule has 1 amide bonds. The molecule has 2 aromatic rings. The van der Waals surface area contributed by atoms with Crippen molar-refractivity contribution in [2.75, 3.05) is 5.32 Å².